The molecule has 0 fully saturated rings. The highest BCUT2D eigenvalue weighted by Gasteiger charge is 2.01. The van der Waals surface area contributed by atoms with Gasteiger partial charge in [0.1, 0.15) is 0 Å². The minimum atomic E-state index is 0.863. The van der Waals surface area contributed by atoms with Crippen LogP contribution in [0.25, 0.3) is 5.69 Å². The molecule has 2 heterocycles. The van der Waals surface area contributed by atoms with Crippen LogP contribution in [-0.2, 0) is 13.1 Å². The first-order chi connectivity index (χ1) is 9.83. The van der Waals surface area contributed by atoms with E-state index in [0.29, 0.717) is 0 Å². The number of thiazole rings is 1. The third-order valence-electron chi connectivity index (χ3n) is 3.20. The van der Waals surface area contributed by atoms with Gasteiger partial charge in [-0.1, -0.05) is 12.1 Å². The normalized spacial score (nSPS) is 10.8. The lowest BCUT2D eigenvalue weighted by atomic mass is 10.2. The van der Waals surface area contributed by atoms with Crippen LogP contribution in [0.1, 0.15) is 16.1 Å². The number of rotatable bonds is 5. The molecule has 1 aromatic carbocycles. The van der Waals surface area contributed by atoms with Crippen LogP contribution in [0.5, 0.6) is 0 Å². The molecule has 0 aliphatic heterocycles. The average Bonchev–Trinajstić information content (AvgIpc) is 3.12. The first-order valence-electron chi connectivity index (χ1n) is 6.50. The fraction of sp³-hybridized carbons (Fsp3) is 0.200. The molecular formula is C15H16N4S. The Hall–Kier alpha value is -1.98. The molecule has 0 unspecified atom stereocenters. The Morgan fingerprint density at radius 2 is 2.05 bits per heavy atom. The highest BCUT2D eigenvalue weighted by atomic mass is 32.1. The maximum Gasteiger partial charge on any atom is 0.0991 e. The first kappa shape index (κ1) is 13.0. The van der Waals surface area contributed by atoms with E-state index in [1.54, 1.807) is 23.9 Å². The number of benzene rings is 1. The summed E-state index contributed by atoms with van der Waals surface area (Å²) in [7, 11) is 0. The topological polar surface area (TPSA) is 42.7 Å². The van der Waals surface area contributed by atoms with Crippen LogP contribution in [-0.4, -0.2) is 14.5 Å². The van der Waals surface area contributed by atoms with E-state index in [-0.39, 0.29) is 0 Å². The zero-order chi connectivity index (χ0) is 13.8. The summed E-state index contributed by atoms with van der Waals surface area (Å²) in [5.74, 6) is 0. The number of aromatic nitrogens is 3. The van der Waals surface area contributed by atoms with E-state index in [9.17, 15) is 0 Å². The molecule has 0 amide bonds. The van der Waals surface area contributed by atoms with Gasteiger partial charge in [0.25, 0.3) is 0 Å². The second-order valence-electron chi connectivity index (χ2n) is 4.60. The van der Waals surface area contributed by atoms with Crippen molar-refractivity contribution in [3.8, 4) is 5.69 Å². The van der Waals surface area contributed by atoms with Gasteiger partial charge < -0.3 is 9.88 Å². The van der Waals surface area contributed by atoms with Crippen LogP contribution in [0.2, 0.25) is 0 Å². The Morgan fingerprint density at radius 1 is 1.20 bits per heavy atom. The van der Waals surface area contributed by atoms with Crippen LogP contribution in [0.15, 0.2) is 48.5 Å². The van der Waals surface area contributed by atoms with Gasteiger partial charge in [0, 0.05) is 36.0 Å². The van der Waals surface area contributed by atoms with E-state index in [0.717, 1.165) is 24.5 Å². The molecule has 0 radical (unpaired) electrons. The Balaban J connectivity index is 1.57. The predicted octanol–water partition coefficient (Wildman–Crippen LogP) is 2.93. The Kier molecular flexibility index (Phi) is 3.90. The van der Waals surface area contributed by atoms with Crippen molar-refractivity contribution in [3.63, 3.8) is 0 Å². The van der Waals surface area contributed by atoms with Gasteiger partial charge in [-0.3, -0.25) is 0 Å². The van der Waals surface area contributed by atoms with Gasteiger partial charge in [0.2, 0.25) is 0 Å². The molecule has 3 rings (SSSR count). The Labute approximate surface area is 122 Å². The summed E-state index contributed by atoms with van der Waals surface area (Å²) in [6.45, 7) is 3.79. The minimum Gasteiger partial charge on any atom is -0.308 e. The van der Waals surface area contributed by atoms with Crippen LogP contribution in [0, 0.1) is 6.92 Å². The quantitative estimate of drug-likeness (QED) is 0.783. The number of hydrogen-bond acceptors (Lipinski definition) is 4. The molecule has 0 saturated carbocycles. The zero-order valence-electron chi connectivity index (χ0n) is 11.3. The molecule has 0 atom stereocenters. The second-order valence-corrected chi connectivity index (χ2v) is 5.54. The highest BCUT2D eigenvalue weighted by molar-refractivity contribution is 7.09. The summed E-state index contributed by atoms with van der Waals surface area (Å²) >= 11 is 1.70. The van der Waals surface area contributed by atoms with E-state index < -0.39 is 0 Å². The lowest BCUT2D eigenvalue weighted by molar-refractivity contribution is 0.697. The zero-order valence-corrected chi connectivity index (χ0v) is 12.1. The number of aryl methyl sites for hydroxylation is 1. The SMILES string of the molecule is Cc1ncsc1CNCc1ccc(-n2ccnc2)cc1. The molecule has 3 aromatic rings. The number of hydrogen-bond donors (Lipinski definition) is 1. The highest BCUT2D eigenvalue weighted by Crippen LogP contribution is 2.12. The van der Waals surface area contributed by atoms with E-state index in [4.69, 9.17) is 0 Å². The van der Waals surface area contributed by atoms with E-state index in [1.165, 1.54) is 10.4 Å². The minimum absolute atomic E-state index is 0.863. The summed E-state index contributed by atoms with van der Waals surface area (Å²) in [5.41, 5.74) is 5.42. The van der Waals surface area contributed by atoms with Crippen LogP contribution >= 0.6 is 11.3 Å². The molecule has 5 heteroatoms. The third kappa shape index (κ3) is 2.95. The summed E-state index contributed by atoms with van der Waals surface area (Å²) in [5, 5.41) is 3.45. The smallest absolute Gasteiger partial charge is 0.0991 e. The van der Waals surface area contributed by atoms with Crippen molar-refractivity contribution in [2.45, 2.75) is 20.0 Å². The largest absolute Gasteiger partial charge is 0.308 e. The van der Waals surface area contributed by atoms with Crippen LogP contribution in [0.3, 0.4) is 0 Å². The van der Waals surface area contributed by atoms with Gasteiger partial charge in [-0.05, 0) is 24.6 Å². The maximum atomic E-state index is 4.25. The maximum absolute atomic E-state index is 4.25. The van der Waals surface area contributed by atoms with Crippen molar-refractivity contribution < 1.29 is 0 Å². The molecule has 20 heavy (non-hydrogen) atoms. The van der Waals surface area contributed by atoms with Crippen molar-refractivity contribution in [2.24, 2.45) is 0 Å². The lowest BCUT2D eigenvalue weighted by Crippen LogP contribution is -2.12. The van der Waals surface area contributed by atoms with Crippen molar-refractivity contribution in [2.75, 3.05) is 0 Å². The van der Waals surface area contributed by atoms with Crippen molar-refractivity contribution >= 4 is 11.3 Å². The standard InChI is InChI=1S/C15H16N4S/c1-12-15(20-11-18-12)9-17-8-13-2-4-14(5-3-13)19-7-6-16-10-19/h2-7,10-11,17H,8-9H2,1H3. The summed E-state index contributed by atoms with van der Waals surface area (Å²) in [4.78, 5) is 9.61. The number of imidazole rings is 1. The van der Waals surface area contributed by atoms with E-state index in [2.05, 4.69) is 39.6 Å². The van der Waals surface area contributed by atoms with Crippen molar-refractivity contribution in [1.82, 2.24) is 19.9 Å². The molecule has 1 N–H and O–H groups in total. The molecule has 0 aliphatic rings. The fourth-order valence-electron chi connectivity index (χ4n) is 2.01. The summed E-state index contributed by atoms with van der Waals surface area (Å²) < 4.78 is 2.00. The lowest BCUT2D eigenvalue weighted by Gasteiger charge is -2.06. The van der Waals surface area contributed by atoms with Gasteiger partial charge in [0.15, 0.2) is 0 Å². The van der Waals surface area contributed by atoms with Gasteiger partial charge in [-0.2, -0.15) is 0 Å². The first-order valence-corrected chi connectivity index (χ1v) is 7.38. The van der Waals surface area contributed by atoms with Crippen molar-refractivity contribution in [1.29, 1.82) is 0 Å². The van der Waals surface area contributed by atoms with Gasteiger partial charge in [0.05, 0.1) is 17.5 Å². The molecule has 0 bridgehead atoms. The molecule has 4 nitrogen and oxygen atoms in total. The Morgan fingerprint density at radius 3 is 2.70 bits per heavy atom. The van der Waals surface area contributed by atoms with Crippen LogP contribution < -0.4 is 5.32 Å². The molecule has 0 saturated heterocycles. The third-order valence-corrected chi connectivity index (χ3v) is 4.13. The van der Waals surface area contributed by atoms with Gasteiger partial charge in [-0.15, -0.1) is 11.3 Å². The van der Waals surface area contributed by atoms with E-state index in [1.807, 2.05) is 23.2 Å². The Bertz CT molecular complexity index is 656. The second kappa shape index (κ2) is 5.98. The molecular weight excluding hydrogens is 268 g/mol. The van der Waals surface area contributed by atoms with Crippen molar-refractivity contribution in [3.05, 3.63) is 64.6 Å². The molecule has 0 aliphatic carbocycles. The molecule has 0 spiro atoms. The van der Waals surface area contributed by atoms with Crippen LogP contribution in [0.4, 0.5) is 0 Å². The molecule has 102 valence electrons. The summed E-state index contributed by atoms with van der Waals surface area (Å²) in [6, 6.07) is 8.50. The van der Waals surface area contributed by atoms with Gasteiger partial charge >= 0.3 is 0 Å². The number of nitrogens with zero attached hydrogens (tertiary/aromatic N) is 3. The van der Waals surface area contributed by atoms with Gasteiger partial charge in [-0.25, -0.2) is 9.97 Å². The fourth-order valence-corrected chi connectivity index (χ4v) is 2.76. The monoisotopic (exact) mass is 284 g/mol. The predicted molar refractivity (Wildman–Crippen MR) is 81.0 cm³/mol. The molecule has 2 aromatic heterocycles. The summed E-state index contributed by atoms with van der Waals surface area (Å²) in [6.07, 6.45) is 5.53. The number of nitrogens with one attached hydrogen (secondary N) is 1. The van der Waals surface area contributed by atoms with E-state index >= 15 is 0 Å². The average molecular weight is 284 g/mol.